The lowest BCUT2D eigenvalue weighted by Crippen LogP contribution is -2.37. The quantitative estimate of drug-likeness (QED) is 0.0216. The molecule has 0 aromatic carbocycles. The third-order valence-corrected chi connectivity index (χ3v) is 10.2. The third kappa shape index (κ3) is 44.8. The van der Waals surface area contributed by atoms with Crippen LogP contribution in [0.5, 0.6) is 0 Å². The minimum atomic E-state index is -4.29. The first kappa shape index (κ1) is 55.7. The van der Waals surface area contributed by atoms with Gasteiger partial charge in [-0.05, 0) is 89.9 Å². The number of phosphoric acid groups is 1. The van der Waals surface area contributed by atoms with Crippen molar-refractivity contribution in [3.8, 4) is 0 Å². The molecule has 8 nitrogen and oxygen atoms in total. The van der Waals surface area contributed by atoms with E-state index >= 15 is 0 Å². The molecule has 0 aliphatic heterocycles. The van der Waals surface area contributed by atoms with E-state index in [9.17, 15) is 14.3 Å². The molecule has 0 aromatic heterocycles. The summed E-state index contributed by atoms with van der Waals surface area (Å²) in [6.07, 6.45) is 54.7. The standard InChI is InChI=1S/C49H86NO7P/c1-6-8-10-12-14-16-18-20-21-22-23-24-25-26-27-28-29-30-32-34-36-38-40-42-49(51)57-48(47-56-58(52,53)55-45-43-50(3,4)5)46-54-44-41-39-37-35-33-31-19-17-15-13-11-9-7-2/h8,10,14-17,20-21,23-24,26-27,29-30,48H,6-7,9,11-13,18-19,22,25,28,31-47H2,1-5H3/p+1/b10-8-,16-14-,17-15-,21-20-,24-23-,27-26-,30-29-. The van der Waals surface area contributed by atoms with Gasteiger partial charge in [-0.2, -0.15) is 0 Å². The lowest BCUT2D eigenvalue weighted by atomic mass is 10.1. The van der Waals surface area contributed by atoms with Crippen LogP contribution in [0.2, 0.25) is 0 Å². The van der Waals surface area contributed by atoms with Gasteiger partial charge in [0.05, 0.1) is 34.4 Å². The molecule has 9 heteroatoms. The zero-order valence-corrected chi connectivity index (χ0v) is 38.6. The van der Waals surface area contributed by atoms with E-state index < -0.39 is 13.9 Å². The van der Waals surface area contributed by atoms with Crippen LogP contribution in [0.15, 0.2) is 85.1 Å². The van der Waals surface area contributed by atoms with Crippen molar-refractivity contribution < 1.29 is 37.3 Å². The van der Waals surface area contributed by atoms with E-state index in [-0.39, 0.29) is 25.8 Å². The second kappa shape index (κ2) is 41.4. The number of carbonyl (C=O) groups is 1. The number of nitrogens with zero attached hydrogens (tertiary/aromatic N) is 1. The number of quaternary nitrogens is 1. The number of unbranched alkanes of at least 4 members (excludes halogenated alkanes) is 13. The molecule has 0 radical (unpaired) electrons. The normalized spacial score (nSPS) is 14.5. The fourth-order valence-corrected chi connectivity index (χ4v) is 6.41. The highest BCUT2D eigenvalue weighted by molar-refractivity contribution is 7.47. The molecule has 0 saturated carbocycles. The van der Waals surface area contributed by atoms with E-state index in [2.05, 4.69) is 98.9 Å². The van der Waals surface area contributed by atoms with Gasteiger partial charge in [-0.25, -0.2) is 4.57 Å². The Kier molecular flexibility index (Phi) is 39.8. The lowest BCUT2D eigenvalue weighted by molar-refractivity contribution is -0.870. The van der Waals surface area contributed by atoms with Crippen molar-refractivity contribution in [3.63, 3.8) is 0 Å². The number of esters is 1. The maximum absolute atomic E-state index is 12.7. The highest BCUT2D eigenvalue weighted by Crippen LogP contribution is 2.43. The van der Waals surface area contributed by atoms with Crippen molar-refractivity contribution in [1.29, 1.82) is 0 Å². The first-order chi connectivity index (χ1) is 28.1. The number of likely N-dealkylation sites (N-methyl/N-ethyl adjacent to an activating group) is 1. The number of hydrogen-bond acceptors (Lipinski definition) is 6. The second-order valence-corrected chi connectivity index (χ2v) is 17.5. The summed E-state index contributed by atoms with van der Waals surface area (Å²) in [5.74, 6) is -0.344. The van der Waals surface area contributed by atoms with Crippen LogP contribution in [0.4, 0.5) is 0 Å². The van der Waals surface area contributed by atoms with Gasteiger partial charge < -0.3 is 18.9 Å². The minimum absolute atomic E-state index is 0.0775. The summed E-state index contributed by atoms with van der Waals surface area (Å²) in [5, 5.41) is 0. The molecule has 2 unspecified atom stereocenters. The van der Waals surface area contributed by atoms with E-state index in [0.717, 1.165) is 83.5 Å². The van der Waals surface area contributed by atoms with Gasteiger partial charge in [-0.15, -0.1) is 0 Å². The Hall–Kier alpha value is -2.32. The van der Waals surface area contributed by atoms with Crippen LogP contribution in [0.3, 0.4) is 0 Å². The fraction of sp³-hybridized carbons (Fsp3) is 0.694. The SMILES string of the molecule is CC/C=C\C/C=C\C/C=C\C/C=C\C/C=C\C/C=C\CCCCCCC(=O)OC(COCCCCCCCC/C=C\CCCCC)COP(=O)(O)OCC[N+](C)(C)C. The number of hydrogen-bond donors (Lipinski definition) is 1. The molecule has 1 N–H and O–H groups in total. The topological polar surface area (TPSA) is 91.3 Å². The van der Waals surface area contributed by atoms with Crippen LogP contribution >= 0.6 is 7.82 Å². The van der Waals surface area contributed by atoms with Crippen LogP contribution in [-0.2, 0) is 27.9 Å². The summed E-state index contributed by atoms with van der Waals surface area (Å²) in [7, 11) is 1.63. The first-order valence-corrected chi connectivity index (χ1v) is 24.3. The Bertz CT molecular complexity index is 1200. The molecule has 0 heterocycles. The van der Waals surface area contributed by atoms with E-state index in [1.807, 2.05) is 21.1 Å². The Morgan fingerprint density at radius 2 is 1.00 bits per heavy atom. The molecule has 0 bridgehead atoms. The summed E-state index contributed by atoms with van der Waals surface area (Å²) in [5.41, 5.74) is 0. The molecular formula is C49H87NO7P+. The first-order valence-electron chi connectivity index (χ1n) is 22.8. The molecule has 0 amide bonds. The van der Waals surface area contributed by atoms with Gasteiger partial charge in [0.1, 0.15) is 19.3 Å². The predicted octanol–water partition coefficient (Wildman–Crippen LogP) is 13.7. The Balaban J connectivity index is 4.29. The molecule has 0 fully saturated rings. The molecule has 0 aliphatic carbocycles. The van der Waals surface area contributed by atoms with Crippen molar-refractivity contribution in [3.05, 3.63) is 85.1 Å². The minimum Gasteiger partial charge on any atom is -0.457 e. The number of ether oxygens (including phenoxy) is 2. The maximum Gasteiger partial charge on any atom is 0.472 e. The van der Waals surface area contributed by atoms with Gasteiger partial charge in [0, 0.05) is 13.0 Å². The van der Waals surface area contributed by atoms with Crippen molar-refractivity contribution in [2.75, 3.05) is 54.1 Å². The van der Waals surface area contributed by atoms with Crippen LogP contribution < -0.4 is 0 Å². The molecule has 0 aliphatic rings. The van der Waals surface area contributed by atoms with Crippen molar-refractivity contribution in [2.24, 2.45) is 0 Å². The highest BCUT2D eigenvalue weighted by atomic mass is 31.2. The van der Waals surface area contributed by atoms with Crippen LogP contribution in [0.1, 0.15) is 162 Å². The van der Waals surface area contributed by atoms with Gasteiger partial charge in [-0.1, -0.05) is 150 Å². The van der Waals surface area contributed by atoms with E-state index in [4.69, 9.17) is 18.5 Å². The average molecular weight is 833 g/mol. The van der Waals surface area contributed by atoms with E-state index in [1.54, 1.807) is 0 Å². The van der Waals surface area contributed by atoms with Crippen molar-refractivity contribution in [1.82, 2.24) is 0 Å². The van der Waals surface area contributed by atoms with Crippen LogP contribution in [0.25, 0.3) is 0 Å². The molecule has 0 saturated heterocycles. The Morgan fingerprint density at radius 3 is 1.52 bits per heavy atom. The fourth-order valence-electron chi connectivity index (χ4n) is 5.67. The molecule has 0 spiro atoms. The summed E-state index contributed by atoms with van der Waals surface area (Å²) in [6, 6.07) is 0. The summed E-state index contributed by atoms with van der Waals surface area (Å²) >= 11 is 0. The number of allylic oxidation sites excluding steroid dienone is 14. The highest BCUT2D eigenvalue weighted by Gasteiger charge is 2.26. The van der Waals surface area contributed by atoms with Crippen LogP contribution in [0, 0.1) is 0 Å². The van der Waals surface area contributed by atoms with Crippen molar-refractivity contribution >= 4 is 13.8 Å². The zero-order valence-electron chi connectivity index (χ0n) is 37.8. The number of phosphoric ester groups is 1. The summed E-state index contributed by atoms with van der Waals surface area (Å²) in [6.45, 7) is 5.41. The van der Waals surface area contributed by atoms with Gasteiger partial charge in [0.2, 0.25) is 0 Å². The predicted molar refractivity (Wildman–Crippen MR) is 247 cm³/mol. The number of carbonyl (C=O) groups excluding carboxylic acids is 1. The molecule has 0 rings (SSSR count). The summed E-state index contributed by atoms with van der Waals surface area (Å²) in [4.78, 5) is 22.9. The van der Waals surface area contributed by atoms with Crippen molar-refractivity contribution in [2.45, 2.75) is 168 Å². The zero-order chi connectivity index (χ0) is 42.7. The van der Waals surface area contributed by atoms with Gasteiger partial charge in [-0.3, -0.25) is 13.8 Å². The van der Waals surface area contributed by atoms with Crippen LogP contribution in [-0.4, -0.2) is 75.6 Å². The molecule has 334 valence electrons. The van der Waals surface area contributed by atoms with Gasteiger partial charge >= 0.3 is 13.8 Å². The molecule has 2 atom stereocenters. The number of rotatable bonds is 41. The molecule has 0 aromatic rings. The molecular weight excluding hydrogens is 746 g/mol. The van der Waals surface area contributed by atoms with E-state index in [0.29, 0.717) is 24.1 Å². The second-order valence-electron chi connectivity index (χ2n) is 16.0. The third-order valence-electron chi connectivity index (χ3n) is 9.19. The summed E-state index contributed by atoms with van der Waals surface area (Å²) < 4.78 is 35.0. The molecule has 58 heavy (non-hydrogen) atoms. The monoisotopic (exact) mass is 833 g/mol. The Morgan fingerprint density at radius 1 is 0.552 bits per heavy atom. The maximum atomic E-state index is 12.7. The van der Waals surface area contributed by atoms with Gasteiger partial charge in [0.25, 0.3) is 0 Å². The Labute approximate surface area is 356 Å². The lowest BCUT2D eigenvalue weighted by Gasteiger charge is -2.24. The average Bonchev–Trinajstić information content (AvgIpc) is 3.18. The smallest absolute Gasteiger partial charge is 0.457 e. The van der Waals surface area contributed by atoms with Gasteiger partial charge in [0.15, 0.2) is 0 Å². The van der Waals surface area contributed by atoms with E-state index in [1.165, 1.54) is 57.8 Å². The largest absolute Gasteiger partial charge is 0.472 e.